The SMILES string of the molecule is CN1CCN(c2ccccc2C(=O)NCC#N)CC1. The molecule has 1 aliphatic rings. The number of rotatable bonds is 3. The maximum atomic E-state index is 12.0. The minimum atomic E-state index is -0.184. The highest BCUT2D eigenvalue weighted by atomic mass is 16.1. The van der Waals surface area contributed by atoms with Crippen LogP contribution >= 0.6 is 0 Å². The van der Waals surface area contributed by atoms with Gasteiger partial charge in [-0.1, -0.05) is 12.1 Å². The molecule has 0 aromatic heterocycles. The van der Waals surface area contributed by atoms with Crippen LogP contribution in [0.15, 0.2) is 24.3 Å². The van der Waals surface area contributed by atoms with Crippen LogP contribution in [0.2, 0.25) is 0 Å². The Morgan fingerprint density at radius 3 is 2.68 bits per heavy atom. The second-order valence-electron chi connectivity index (χ2n) is 4.65. The molecule has 1 N–H and O–H groups in total. The first-order chi connectivity index (χ1) is 9.22. The standard InChI is InChI=1S/C14H18N4O/c1-17-8-10-18(11-9-17)13-5-3-2-4-12(13)14(19)16-7-6-15/h2-5H,7-11H2,1H3,(H,16,19). The van der Waals surface area contributed by atoms with Crippen LogP contribution < -0.4 is 10.2 Å². The monoisotopic (exact) mass is 258 g/mol. The summed E-state index contributed by atoms with van der Waals surface area (Å²) in [4.78, 5) is 16.5. The maximum absolute atomic E-state index is 12.0. The molecular weight excluding hydrogens is 240 g/mol. The Hall–Kier alpha value is -2.06. The fourth-order valence-corrected chi connectivity index (χ4v) is 2.20. The Morgan fingerprint density at radius 1 is 1.32 bits per heavy atom. The third-order valence-corrected chi connectivity index (χ3v) is 3.32. The molecule has 0 radical (unpaired) electrons. The van der Waals surface area contributed by atoms with Crippen molar-refractivity contribution in [1.82, 2.24) is 10.2 Å². The van der Waals surface area contributed by atoms with Gasteiger partial charge in [-0.05, 0) is 19.2 Å². The van der Waals surface area contributed by atoms with Gasteiger partial charge in [0.1, 0.15) is 6.54 Å². The number of amides is 1. The topological polar surface area (TPSA) is 59.4 Å². The smallest absolute Gasteiger partial charge is 0.254 e. The van der Waals surface area contributed by atoms with Crippen molar-refractivity contribution >= 4 is 11.6 Å². The zero-order valence-electron chi connectivity index (χ0n) is 11.1. The van der Waals surface area contributed by atoms with E-state index in [9.17, 15) is 4.79 Å². The van der Waals surface area contributed by atoms with Gasteiger partial charge in [0.2, 0.25) is 0 Å². The number of piperazine rings is 1. The van der Waals surface area contributed by atoms with Gasteiger partial charge in [0.15, 0.2) is 0 Å². The summed E-state index contributed by atoms with van der Waals surface area (Å²) in [6, 6.07) is 9.48. The van der Waals surface area contributed by atoms with Crippen LogP contribution in [0.1, 0.15) is 10.4 Å². The summed E-state index contributed by atoms with van der Waals surface area (Å²) in [5.41, 5.74) is 1.59. The number of nitrogens with zero attached hydrogens (tertiary/aromatic N) is 3. The molecule has 1 fully saturated rings. The molecule has 100 valence electrons. The summed E-state index contributed by atoms with van der Waals surface area (Å²) < 4.78 is 0. The first kappa shape index (κ1) is 13.4. The van der Waals surface area contributed by atoms with Crippen LogP contribution in [0, 0.1) is 11.3 Å². The molecule has 5 nitrogen and oxygen atoms in total. The number of nitriles is 1. The number of benzene rings is 1. The molecule has 5 heteroatoms. The van der Waals surface area contributed by atoms with Crippen LogP contribution in [0.4, 0.5) is 5.69 Å². The quantitative estimate of drug-likeness (QED) is 0.810. The van der Waals surface area contributed by atoms with Crippen LogP contribution in [0.25, 0.3) is 0 Å². The number of likely N-dealkylation sites (N-methyl/N-ethyl adjacent to an activating group) is 1. The number of carbonyl (C=O) groups is 1. The van der Waals surface area contributed by atoms with E-state index in [1.54, 1.807) is 6.07 Å². The first-order valence-corrected chi connectivity index (χ1v) is 6.40. The van der Waals surface area contributed by atoms with Crippen LogP contribution in [-0.4, -0.2) is 50.6 Å². The molecule has 0 aliphatic carbocycles. The van der Waals surface area contributed by atoms with E-state index >= 15 is 0 Å². The molecule has 1 heterocycles. The summed E-state index contributed by atoms with van der Waals surface area (Å²) in [6.45, 7) is 3.86. The molecule has 0 bridgehead atoms. The molecule has 0 spiro atoms. The summed E-state index contributed by atoms with van der Waals surface area (Å²) in [5, 5.41) is 11.1. The number of para-hydroxylation sites is 1. The Morgan fingerprint density at radius 2 is 2.00 bits per heavy atom. The van der Waals surface area contributed by atoms with Gasteiger partial charge in [0.25, 0.3) is 5.91 Å². The van der Waals surface area contributed by atoms with E-state index in [1.165, 1.54) is 0 Å². The molecule has 1 aromatic carbocycles. The normalized spacial score (nSPS) is 15.9. The van der Waals surface area contributed by atoms with E-state index in [-0.39, 0.29) is 12.5 Å². The van der Waals surface area contributed by atoms with Crippen LogP contribution in [0.5, 0.6) is 0 Å². The Labute approximate surface area is 113 Å². The summed E-state index contributed by atoms with van der Waals surface area (Å²) >= 11 is 0. The number of anilines is 1. The van der Waals surface area contributed by atoms with Crippen molar-refractivity contribution in [2.24, 2.45) is 0 Å². The Kier molecular flexibility index (Phi) is 4.37. The largest absolute Gasteiger partial charge is 0.368 e. The van der Waals surface area contributed by atoms with Gasteiger partial charge in [-0.25, -0.2) is 0 Å². The molecule has 0 unspecified atom stereocenters. The van der Waals surface area contributed by atoms with E-state index in [0.29, 0.717) is 5.56 Å². The van der Waals surface area contributed by atoms with Gasteiger partial charge in [-0.2, -0.15) is 5.26 Å². The molecule has 2 rings (SSSR count). The third-order valence-electron chi connectivity index (χ3n) is 3.32. The minimum Gasteiger partial charge on any atom is -0.368 e. The zero-order valence-corrected chi connectivity index (χ0v) is 11.1. The van der Waals surface area contributed by atoms with Gasteiger partial charge < -0.3 is 15.1 Å². The molecule has 1 amide bonds. The number of hydrogen-bond donors (Lipinski definition) is 1. The second kappa shape index (κ2) is 6.21. The van der Waals surface area contributed by atoms with E-state index in [2.05, 4.69) is 22.2 Å². The first-order valence-electron chi connectivity index (χ1n) is 6.40. The lowest BCUT2D eigenvalue weighted by Crippen LogP contribution is -2.45. The van der Waals surface area contributed by atoms with E-state index in [0.717, 1.165) is 31.9 Å². The van der Waals surface area contributed by atoms with Crippen LogP contribution in [-0.2, 0) is 0 Å². The number of hydrogen-bond acceptors (Lipinski definition) is 4. The van der Waals surface area contributed by atoms with Crippen molar-refractivity contribution < 1.29 is 4.79 Å². The van der Waals surface area contributed by atoms with Crippen molar-refractivity contribution in [2.45, 2.75) is 0 Å². The average Bonchev–Trinajstić information content (AvgIpc) is 2.45. The molecule has 1 aliphatic heterocycles. The fourth-order valence-electron chi connectivity index (χ4n) is 2.20. The van der Waals surface area contributed by atoms with Crippen molar-refractivity contribution in [3.63, 3.8) is 0 Å². The molecular formula is C14H18N4O. The fraction of sp³-hybridized carbons (Fsp3) is 0.429. The van der Waals surface area contributed by atoms with Gasteiger partial charge in [0, 0.05) is 31.9 Å². The summed E-state index contributed by atoms with van der Waals surface area (Å²) in [6.07, 6.45) is 0. The van der Waals surface area contributed by atoms with Gasteiger partial charge in [-0.15, -0.1) is 0 Å². The van der Waals surface area contributed by atoms with Crippen molar-refractivity contribution in [3.8, 4) is 6.07 Å². The average molecular weight is 258 g/mol. The van der Waals surface area contributed by atoms with Crippen molar-refractivity contribution in [1.29, 1.82) is 5.26 Å². The molecule has 1 saturated heterocycles. The lowest BCUT2D eigenvalue weighted by molar-refractivity contribution is 0.0959. The van der Waals surface area contributed by atoms with E-state index < -0.39 is 0 Å². The lowest BCUT2D eigenvalue weighted by Gasteiger charge is -2.34. The number of carbonyl (C=O) groups excluding carboxylic acids is 1. The maximum Gasteiger partial charge on any atom is 0.254 e. The Bertz CT molecular complexity index is 486. The zero-order chi connectivity index (χ0) is 13.7. The minimum absolute atomic E-state index is 0.0376. The predicted molar refractivity (Wildman–Crippen MR) is 74.1 cm³/mol. The molecule has 1 aromatic rings. The highest BCUT2D eigenvalue weighted by molar-refractivity contribution is 5.99. The highest BCUT2D eigenvalue weighted by Crippen LogP contribution is 2.21. The van der Waals surface area contributed by atoms with Gasteiger partial charge in [-0.3, -0.25) is 4.79 Å². The third kappa shape index (κ3) is 3.24. The predicted octanol–water partition coefficient (Wildman–Crippen LogP) is 0.692. The lowest BCUT2D eigenvalue weighted by atomic mass is 10.1. The van der Waals surface area contributed by atoms with Crippen molar-refractivity contribution in [2.75, 3.05) is 44.7 Å². The van der Waals surface area contributed by atoms with Crippen LogP contribution in [0.3, 0.4) is 0 Å². The van der Waals surface area contributed by atoms with Crippen molar-refractivity contribution in [3.05, 3.63) is 29.8 Å². The molecule has 19 heavy (non-hydrogen) atoms. The van der Waals surface area contributed by atoms with E-state index in [4.69, 9.17) is 5.26 Å². The Balaban J connectivity index is 2.16. The van der Waals surface area contributed by atoms with Gasteiger partial charge in [0.05, 0.1) is 11.6 Å². The summed E-state index contributed by atoms with van der Waals surface area (Å²) in [7, 11) is 2.10. The highest BCUT2D eigenvalue weighted by Gasteiger charge is 2.19. The summed E-state index contributed by atoms with van der Waals surface area (Å²) in [5.74, 6) is -0.184. The van der Waals surface area contributed by atoms with Gasteiger partial charge >= 0.3 is 0 Å². The molecule has 0 saturated carbocycles. The molecule has 0 atom stereocenters. The van der Waals surface area contributed by atoms with E-state index in [1.807, 2.05) is 24.3 Å². The number of nitrogens with one attached hydrogen (secondary N) is 1. The second-order valence-corrected chi connectivity index (χ2v) is 4.65.